The molecule has 1 aromatic carbocycles. The van der Waals surface area contributed by atoms with Crippen molar-refractivity contribution >= 4 is 11.3 Å². The van der Waals surface area contributed by atoms with E-state index in [1.54, 1.807) is 11.3 Å². The Labute approximate surface area is 120 Å². The minimum Gasteiger partial charge on any atom is -0.489 e. The normalized spacial score (nSPS) is 11.3. The van der Waals surface area contributed by atoms with Crippen molar-refractivity contribution < 1.29 is 4.74 Å². The Balaban J connectivity index is 2.16. The molecule has 0 unspecified atom stereocenters. The number of hydrogen-bond donors (Lipinski definition) is 0. The molecular weight excluding hydrogens is 252 g/mol. The Kier molecular flexibility index (Phi) is 4.65. The lowest BCUT2D eigenvalue weighted by Crippen LogP contribution is -2.01. The summed E-state index contributed by atoms with van der Waals surface area (Å²) in [7, 11) is 0. The molecule has 19 heavy (non-hydrogen) atoms. The summed E-state index contributed by atoms with van der Waals surface area (Å²) in [6.45, 7) is 9.62. The molecule has 0 amide bonds. The molecule has 2 aromatic rings. The van der Waals surface area contributed by atoms with Gasteiger partial charge >= 0.3 is 0 Å². The molecule has 0 saturated carbocycles. The fraction of sp³-hybridized carbons (Fsp3) is 0.412. The van der Waals surface area contributed by atoms with Crippen LogP contribution in [-0.4, -0.2) is 0 Å². The molecule has 1 aromatic heterocycles. The molecular formula is C17H22OS. The van der Waals surface area contributed by atoms with E-state index in [2.05, 4.69) is 62.7 Å². The highest BCUT2D eigenvalue weighted by Gasteiger charge is 2.11. The van der Waals surface area contributed by atoms with E-state index in [1.807, 2.05) is 0 Å². The van der Waals surface area contributed by atoms with Crippen molar-refractivity contribution in [2.75, 3.05) is 0 Å². The molecule has 0 aliphatic heterocycles. The Morgan fingerprint density at radius 2 is 1.74 bits per heavy atom. The largest absolute Gasteiger partial charge is 0.489 e. The molecule has 0 spiro atoms. The monoisotopic (exact) mass is 274 g/mol. The van der Waals surface area contributed by atoms with E-state index >= 15 is 0 Å². The Morgan fingerprint density at radius 1 is 1.00 bits per heavy atom. The van der Waals surface area contributed by atoms with Crippen LogP contribution < -0.4 is 4.74 Å². The average Bonchev–Trinajstić information content (AvgIpc) is 2.88. The first-order valence-electron chi connectivity index (χ1n) is 6.85. The summed E-state index contributed by atoms with van der Waals surface area (Å²) in [6, 6.07) is 8.61. The van der Waals surface area contributed by atoms with Crippen molar-refractivity contribution in [3.05, 3.63) is 51.7 Å². The molecule has 0 saturated heterocycles. The Bertz CT molecular complexity index is 512. The van der Waals surface area contributed by atoms with E-state index in [-0.39, 0.29) is 0 Å². The first-order valence-corrected chi connectivity index (χ1v) is 7.80. The second kappa shape index (κ2) is 6.25. The second-order valence-electron chi connectivity index (χ2n) is 5.52. The predicted octanol–water partition coefficient (Wildman–Crippen LogP) is 5.57. The van der Waals surface area contributed by atoms with E-state index in [0.717, 1.165) is 5.75 Å². The van der Waals surface area contributed by atoms with Gasteiger partial charge in [0.2, 0.25) is 0 Å². The van der Waals surface area contributed by atoms with Crippen LogP contribution in [0.5, 0.6) is 5.75 Å². The van der Waals surface area contributed by atoms with E-state index < -0.39 is 0 Å². The van der Waals surface area contributed by atoms with Crippen LogP contribution in [-0.2, 0) is 6.61 Å². The van der Waals surface area contributed by atoms with Crippen LogP contribution in [0.3, 0.4) is 0 Å². The lowest BCUT2D eigenvalue weighted by Gasteiger charge is -2.17. The van der Waals surface area contributed by atoms with Crippen LogP contribution in [0, 0.1) is 0 Å². The minimum absolute atomic E-state index is 0.530. The zero-order valence-corrected chi connectivity index (χ0v) is 13.0. The van der Waals surface area contributed by atoms with Gasteiger partial charge in [-0.2, -0.15) is 11.3 Å². The molecule has 2 rings (SSSR count). The van der Waals surface area contributed by atoms with E-state index in [9.17, 15) is 0 Å². The topological polar surface area (TPSA) is 9.23 Å². The molecule has 0 bridgehead atoms. The maximum Gasteiger partial charge on any atom is 0.120 e. The Morgan fingerprint density at radius 3 is 2.32 bits per heavy atom. The summed E-state index contributed by atoms with van der Waals surface area (Å²) in [5.41, 5.74) is 4.07. The summed E-state index contributed by atoms with van der Waals surface area (Å²) < 4.78 is 5.88. The molecule has 0 aliphatic carbocycles. The zero-order valence-electron chi connectivity index (χ0n) is 12.1. The molecule has 102 valence electrons. The van der Waals surface area contributed by atoms with Gasteiger partial charge in [0.15, 0.2) is 0 Å². The summed E-state index contributed by atoms with van der Waals surface area (Å²) in [5.74, 6) is 2.06. The van der Waals surface area contributed by atoms with Gasteiger partial charge in [0, 0.05) is 0 Å². The van der Waals surface area contributed by atoms with Gasteiger partial charge in [0.05, 0.1) is 0 Å². The molecule has 1 heterocycles. The maximum absolute atomic E-state index is 5.88. The van der Waals surface area contributed by atoms with Crippen LogP contribution in [0.2, 0.25) is 0 Å². The van der Waals surface area contributed by atoms with Crippen molar-refractivity contribution in [1.82, 2.24) is 0 Å². The van der Waals surface area contributed by atoms with Crippen molar-refractivity contribution in [3.8, 4) is 5.75 Å². The maximum atomic E-state index is 5.88. The van der Waals surface area contributed by atoms with Crippen molar-refractivity contribution in [1.29, 1.82) is 0 Å². The molecule has 0 radical (unpaired) electrons. The van der Waals surface area contributed by atoms with Gasteiger partial charge in [-0.25, -0.2) is 0 Å². The van der Waals surface area contributed by atoms with Gasteiger partial charge in [-0.1, -0.05) is 33.8 Å². The molecule has 0 aliphatic rings. The molecule has 1 nitrogen and oxygen atoms in total. The number of thiophene rings is 1. The number of rotatable bonds is 5. The summed E-state index contributed by atoms with van der Waals surface area (Å²) in [4.78, 5) is 0. The van der Waals surface area contributed by atoms with Crippen molar-refractivity contribution in [3.63, 3.8) is 0 Å². The van der Waals surface area contributed by atoms with Crippen LogP contribution in [0.1, 0.15) is 56.2 Å². The summed E-state index contributed by atoms with van der Waals surface area (Å²) >= 11 is 1.71. The van der Waals surface area contributed by atoms with E-state index in [4.69, 9.17) is 4.74 Å². The number of hydrogen-bond acceptors (Lipinski definition) is 2. The highest BCUT2D eigenvalue weighted by Crippen LogP contribution is 2.30. The molecule has 2 heteroatoms. The molecule has 0 N–H and O–H groups in total. The summed E-state index contributed by atoms with van der Waals surface area (Å²) in [5, 5.41) is 4.21. The quantitative estimate of drug-likeness (QED) is 0.692. The molecule has 0 fully saturated rings. The summed E-state index contributed by atoms with van der Waals surface area (Å²) in [6.07, 6.45) is 0. The van der Waals surface area contributed by atoms with E-state index in [0.29, 0.717) is 18.4 Å². The number of benzene rings is 1. The first kappa shape index (κ1) is 14.1. The third-order valence-electron chi connectivity index (χ3n) is 3.29. The average molecular weight is 274 g/mol. The van der Waals surface area contributed by atoms with Crippen LogP contribution in [0.15, 0.2) is 35.0 Å². The van der Waals surface area contributed by atoms with Gasteiger partial charge in [-0.3, -0.25) is 0 Å². The second-order valence-corrected chi connectivity index (χ2v) is 6.30. The lowest BCUT2D eigenvalue weighted by molar-refractivity contribution is 0.306. The molecule has 0 atom stereocenters. The van der Waals surface area contributed by atoms with Gasteiger partial charge in [0.1, 0.15) is 12.4 Å². The van der Waals surface area contributed by atoms with Gasteiger partial charge in [-0.15, -0.1) is 0 Å². The number of ether oxygens (including phenoxy) is 1. The van der Waals surface area contributed by atoms with Gasteiger partial charge in [-0.05, 0) is 57.5 Å². The van der Waals surface area contributed by atoms with Gasteiger partial charge < -0.3 is 4.74 Å². The highest BCUT2D eigenvalue weighted by atomic mass is 32.1. The zero-order chi connectivity index (χ0) is 13.8. The van der Waals surface area contributed by atoms with Crippen LogP contribution >= 0.6 is 11.3 Å². The highest BCUT2D eigenvalue weighted by molar-refractivity contribution is 7.07. The standard InChI is InChI=1S/C17H22OS/c1-12(2)16-6-5-15(9-17(16)13(3)4)18-10-14-7-8-19-11-14/h5-9,11-13H,10H2,1-4H3. The SMILES string of the molecule is CC(C)c1ccc(OCc2ccsc2)cc1C(C)C. The van der Waals surface area contributed by atoms with Crippen molar-refractivity contribution in [2.24, 2.45) is 0 Å². The lowest BCUT2D eigenvalue weighted by atomic mass is 9.90. The third kappa shape index (κ3) is 3.60. The van der Waals surface area contributed by atoms with Crippen molar-refractivity contribution in [2.45, 2.75) is 46.1 Å². The third-order valence-corrected chi connectivity index (χ3v) is 4.02. The van der Waals surface area contributed by atoms with E-state index in [1.165, 1.54) is 16.7 Å². The smallest absolute Gasteiger partial charge is 0.120 e. The predicted molar refractivity (Wildman–Crippen MR) is 83.3 cm³/mol. The minimum atomic E-state index is 0.530. The van der Waals surface area contributed by atoms with Gasteiger partial charge in [0.25, 0.3) is 0 Å². The first-order chi connectivity index (χ1) is 9.08. The van der Waals surface area contributed by atoms with Crippen LogP contribution in [0.4, 0.5) is 0 Å². The fourth-order valence-corrected chi connectivity index (χ4v) is 2.86. The van der Waals surface area contributed by atoms with Crippen LogP contribution in [0.25, 0.3) is 0 Å². The fourth-order valence-electron chi connectivity index (χ4n) is 2.21. The Hall–Kier alpha value is -1.28.